The van der Waals surface area contributed by atoms with E-state index in [-0.39, 0.29) is 29.3 Å². The number of nitrogens with zero attached hydrogens (tertiary/aromatic N) is 1. The fourth-order valence-corrected chi connectivity index (χ4v) is 5.46. The summed E-state index contributed by atoms with van der Waals surface area (Å²) >= 11 is 0. The highest BCUT2D eigenvalue weighted by Crippen LogP contribution is 2.29. The SMILES string of the molecule is CC(C)(C)NC(=O)c1c(OCC(=O)[C@H](Cc2ccccc2)NC(=O)[C@H](CC(N)=O)NC(=O)c2ccc3ccccc3n2)ccc2ccccc12. The number of nitrogens with one attached hydrogen (secondary N) is 3. The number of ether oxygens (including phenoxy) is 1. The van der Waals surface area contributed by atoms with Gasteiger partial charge in [-0.05, 0) is 61.7 Å². The fraction of sp³-hybridized carbons (Fsp3) is 0.231. The second-order valence-electron chi connectivity index (χ2n) is 13.0. The van der Waals surface area contributed by atoms with Gasteiger partial charge >= 0.3 is 0 Å². The van der Waals surface area contributed by atoms with E-state index in [2.05, 4.69) is 20.9 Å². The van der Waals surface area contributed by atoms with Crippen molar-refractivity contribution >= 4 is 51.1 Å². The summed E-state index contributed by atoms with van der Waals surface area (Å²) in [6.45, 7) is 5.11. The third-order valence-electron chi connectivity index (χ3n) is 7.82. The molecule has 256 valence electrons. The topological polar surface area (TPSA) is 170 Å². The molecule has 0 saturated carbocycles. The van der Waals surface area contributed by atoms with E-state index < -0.39 is 54.2 Å². The molecular weight excluding hydrogens is 634 g/mol. The first kappa shape index (κ1) is 35.2. The zero-order chi connectivity index (χ0) is 35.8. The van der Waals surface area contributed by atoms with Crippen molar-refractivity contribution in [2.75, 3.05) is 6.61 Å². The van der Waals surface area contributed by atoms with E-state index in [1.54, 1.807) is 60.7 Å². The molecule has 0 saturated heterocycles. The van der Waals surface area contributed by atoms with Crippen LogP contribution in [0.1, 0.15) is 53.6 Å². The third kappa shape index (κ3) is 9.07. The van der Waals surface area contributed by atoms with Gasteiger partial charge in [-0.3, -0.25) is 24.0 Å². The predicted octanol–water partition coefficient (Wildman–Crippen LogP) is 4.27. The van der Waals surface area contributed by atoms with Crippen LogP contribution in [0.3, 0.4) is 0 Å². The Morgan fingerprint density at radius 2 is 1.40 bits per heavy atom. The molecule has 0 aliphatic carbocycles. The van der Waals surface area contributed by atoms with Gasteiger partial charge in [0.1, 0.15) is 24.1 Å². The monoisotopic (exact) mass is 673 g/mol. The van der Waals surface area contributed by atoms with Crippen molar-refractivity contribution in [1.82, 2.24) is 20.9 Å². The van der Waals surface area contributed by atoms with Crippen LogP contribution in [0.15, 0.2) is 103 Å². The van der Waals surface area contributed by atoms with Gasteiger partial charge in [-0.2, -0.15) is 0 Å². The lowest BCUT2D eigenvalue weighted by Gasteiger charge is -2.24. The molecule has 11 heteroatoms. The summed E-state index contributed by atoms with van der Waals surface area (Å²) in [5.41, 5.74) is 6.57. The molecule has 0 aliphatic heterocycles. The van der Waals surface area contributed by atoms with Crippen LogP contribution < -0.4 is 26.4 Å². The molecule has 5 rings (SSSR count). The van der Waals surface area contributed by atoms with E-state index >= 15 is 0 Å². The number of carbonyl (C=O) groups is 5. The van der Waals surface area contributed by atoms with Crippen molar-refractivity contribution in [2.24, 2.45) is 5.73 Å². The highest BCUT2D eigenvalue weighted by Gasteiger charge is 2.30. The lowest BCUT2D eigenvalue weighted by atomic mass is 10.0. The minimum atomic E-state index is -1.39. The molecule has 0 unspecified atom stereocenters. The molecule has 11 nitrogen and oxygen atoms in total. The average molecular weight is 674 g/mol. The second-order valence-corrected chi connectivity index (χ2v) is 13.0. The Morgan fingerprint density at radius 1 is 0.740 bits per heavy atom. The van der Waals surface area contributed by atoms with Gasteiger partial charge in [0.2, 0.25) is 11.8 Å². The third-order valence-corrected chi connectivity index (χ3v) is 7.82. The van der Waals surface area contributed by atoms with Gasteiger partial charge in [-0.15, -0.1) is 0 Å². The molecule has 0 bridgehead atoms. The summed E-state index contributed by atoms with van der Waals surface area (Å²) in [5, 5.41) is 10.5. The maximum atomic E-state index is 13.8. The average Bonchev–Trinajstić information content (AvgIpc) is 3.08. The van der Waals surface area contributed by atoms with Crippen LogP contribution >= 0.6 is 0 Å². The number of hydrogen-bond donors (Lipinski definition) is 4. The van der Waals surface area contributed by atoms with Gasteiger partial charge in [0.05, 0.1) is 23.5 Å². The van der Waals surface area contributed by atoms with E-state index in [9.17, 15) is 24.0 Å². The smallest absolute Gasteiger partial charge is 0.270 e. The Labute approximate surface area is 289 Å². The summed E-state index contributed by atoms with van der Waals surface area (Å²) in [7, 11) is 0. The maximum absolute atomic E-state index is 13.8. The molecule has 2 atom stereocenters. The van der Waals surface area contributed by atoms with Crippen LogP contribution in [0.5, 0.6) is 5.75 Å². The van der Waals surface area contributed by atoms with E-state index in [1.807, 2.05) is 57.2 Å². The zero-order valence-corrected chi connectivity index (χ0v) is 28.1. The molecule has 5 aromatic rings. The van der Waals surface area contributed by atoms with E-state index in [1.165, 1.54) is 6.07 Å². The molecule has 4 amide bonds. The number of pyridine rings is 1. The first-order chi connectivity index (χ1) is 23.9. The van der Waals surface area contributed by atoms with Gasteiger partial charge in [0.15, 0.2) is 5.78 Å². The number of carbonyl (C=O) groups excluding carboxylic acids is 5. The number of nitrogens with two attached hydrogens (primary N) is 1. The van der Waals surface area contributed by atoms with Gasteiger partial charge in [-0.1, -0.05) is 84.9 Å². The highest BCUT2D eigenvalue weighted by molar-refractivity contribution is 6.10. The van der Waals surface area contributed by atoms with Gasteiger partial charge in [0.25, 0.3) is 11.8 Å². The highest BCUT2D eigenvalue weighted by atomic mass is 16.5. The molecule has 0 spiro atoms. The van der Waals surface area contributed by atoms with Crippen molar-refractivity contribution in [3.8, 4) is 5.75 Å². The van der Waals surface area contributed by atoms with Crippen molar-refractivity contribution in [3.05, 3.63) is 120 Å². The van der Waals surface area contributed by atoms with Crippen molar-refractivity contribution < 1.29 is 28.7 Å². The van der Waals surface area contributed by atoms with Crippen LogP contribution in [0.4, 0.5) is 0 Å². The lowest BCUT2D eigenvalue weighted by Crippen LogP contribution is -2.54. The normalized spacial score (nSPS) is 12.5. The van der Waals surface area contributed by atoms with Crippen LogP contribution in [0.25, 0.3) is 21.7 Å². The van der Waals surface area contributed by atoms with Crippen molar-refractivity contribution in [3.63, 3.8) is 0 Å². The number of primary amides is 1. The van der Waals surface area contributed by atoms with Crippen LogP contribution in [0, 0.1) is 0 Å². The van der Waals surface area contributed by atoms with E-state index in [0.29, 0.717) is 10.9 Å². The Bertz CT molecular complexity index is 2060. The fourth-order valence-electron chi connectivity index (χ4n) is 5.46. The maximum Gasteiger partial charge on any atom is 0.270 e. The quantitative estimate of drug-likeness (QED) is 0.145. The number of hydrogen-bond acceptors (Lipinski definition) is 7. The number of aromatic nitrogens is 1. The number of rotatable bonds is 13. The minimum absolute atomic E-state index is 0.0398. The van der Waals surface area contributed by atoms with Crippen molar-refractivity contribution in [1.29, 1.82) is 0 Å². The molecule has 1 heterocycles. The Hall–Kier alpha value is -6.10. The van der Waals surface area contributed by atoms with Crippen LogP contribution in [-0.2, 0) is 20.8 Å². The molecule has 50 heavy (non-hydrogen) atoms. The van der Waals surface area contributed by atoms with Gasteiger partial charge in [-0.25, -0.2) is 4.98 Å². The number of amides is 4. The number of Topliss-reactive ketones (excluding diaryl/α,β-unsaturated/α-hetero) is 1. The first-order valence-electron chi connectivity index (χ1n) is 16.2. The summed E-state index contributed by atoms with van der Waals surface area (Å²) in [4.78, 5) is 70.5. The predicted molar refractivity (Wildman–Crippen MR) is 191 cm³/mol. The van der Waals surface area contributed by atoms with Crippen LogP contribution in [-0.4, -0.2) is 58.6 Å². The standard InChI is InChI=1S/C39H39N5O6/c1-39(2,3)44-38(49)35-27-15-9-7-13-25(27)18-20-33(35)50-23-32(45)30(21-24-11-5-4-6-12-24)42-37(48)31(22-34(40)46)43-36(47)29-19-17-26-14-8-10-16-28(26)41-29/h4-20,30-31H,21-23H2,1-3H3,(H2,40,46)(H,42,48)(H,43,47)(H,44,49)/t30-,31-/m0/s1. The van der Waals surface area contributed by atoms with Gasteiger partial charge in [0, 0.05) is 10.9 Å². The Morgan fingerprint density at radius 3 is 2.12 bits per heavy atom. The number of benzene rings is 4. The molecule has 0 fully saturated rings. The summed E-state index contributed by atoms with van der Waals surface area (Å²) in [5.74, 6) is -2.98. The first-order valence-corrected chi connectivity index (χ1v) is 16.2. The zero-order valence-electron chi connectivity index (χ0n) is 28.1. The lowest BCUT2D eigenvalue weighted by molar-refractivity contribution is -0.131. The van der Waals surface area contributed by atoms with E-state index in [0.717, 1.165) is 16.3 Å². The molecule has 4 aromatic carbocycles. The molecule has 0 aliphatic rings. The molecular formula is C39H39N5O6. The largest absolute Gasteiger partial charge is 0.485 e. The number of fused-ring (bicyclic) bond motifs is 2. The Balaban J connectivity index is 1.37. The summed E-state index contributed by atoms with van der Waals surface area (Å²) < 4.78 is 6.01. The molecule has 5 N–H and O–H groups in total. The van der Waals surface area contributed by atoms with Crippen LogP contribution in [0.2, 0.25) is 0 Å². The summed E-state index contributed by atoms with van der Waals surface area (Å²) in [6.07, 6.45) is -0.426. The molecule has 1 aromatic heterocycles. The van der Waals surface area contributed by atoms with E-state index in [4.69, 9.17) is 10.5 Å². The second kappa shape index (κ2) is 15.4. The van der Waals surface area contributed by atoms with Crippen molar-refractivity contribution in [2.45, 2.75) is 51.2 Å². The minimum Gasteiger partial charge on any atom is -0.485 e. The van der Waals surface area contributed by atoms with Gasteiger partial charge < -0.3 is 26.4 Å². The Kier molecular flexibility index (Phi) is 10.9. The number of para-hydroxylation sites is 1. The number of ketones is 1. The summed E-state index contributed by atoms with van der Waals surface area (Å²) in [6, 6.07) is 27.8. The molecule has 0 radical (unpaired) electrons.